The lowest BCUT2D eigenvalue weighted by Crippen LogP contribution is -2.54. The third-order valence-corrected chi connectivity index (χ3v) is 7.05. The smallest absolute Gasteiger partial charge is 0.244 e. The number of aromatic nitrogens is 2. The first kappa shape index (κ1) is 22.7. The molecule has 0 bridgehead atoms. The van der Waals surface area contributed by atoms with Crippen LogP contribution in [-0.2, 0) is 21.2 Å². The van der Waals surface area contributed by atoms with E-state index in [0.717, 1.165) is 11.9 Å². The van der Waals surface area contributed by atoms with Crippen LogP contribution in [0.25, 0.3) is 0 Å². The zero-order chi connectivity index (χ0) is 22.2. The van der Waals surface area contributed by atoms with E-state index in [-0.39, 0.29) is 28.5 Å². The topological polar surface area (TPSA) is 84.7 Å². The van der Waals surface area contributed by atoms with Crippen LogP contribution in [0, 0.1) is 6.92 Å². The van der Waals surface area contributed by atoms with Crippen LogP contribution < -0.4 is 9.64 Å². The molecule has 30 heavy (non-hydrogen) atoms. The highest BCUT2D eigenvalue weighted by atomic mass is 35.5. The summed E-state index contributed by atoms with van der Waals surface area (Å²) in [5.74, 6) is 0.464. The Morgan fingerprint density at radius 3 is 2.57 bits per heavy atom. The maximum absolute atomic E-state index is 12.9. The van der Waals surface area contributed by atoms with Crippen molar-refractivity contribution in [3.8, 4) is 5.75 Å². The molecule has 1 unspecified atom stereocenters. The number of benzene rings is 1. The number of ether oxygens (including phenoxy) is 1. The maximum atomic E-state index is 12.9. The van der Waals surface area contributed by atoms with E-state index in [9.17, 15) is 13.2 Å². The summed E-state index contributed by atoms with van der Waals surface area (Å²) in [6.45, 7) is 5.37. The zero-order valence-corrected chi connectivity index (χ0v) is 19.6. The van der Waals surface area contributed by atoms with Crippen molar-refractivity contribution in [2.75, 3.05) is 37.9 Å². The highest BCUT2D eigenvalue weighted by molar-refractivity contribution is 7.90. The Bertz CT molecular complexity index is 1070. The first-order chi connectivity index (χ1) is 14.0. The number of amides is 1. The normalized spacial score (nSPS) is 17.3. The predicted molar refractivity (Wildman–Crippen MR) is 116 cm³/mol. The quantitative estimate of drug-likeness (QED) is 0.661. The summed E-state index contributed by atoms with van der Waals surface area (Å²) in [5, 5.41) is 4.44. The minimum atomic E-state index is -3.57. The van der Waals surface area contributed by atoms with Crippen LogP contribution >= 0.6 is 23.2 Å². The fourth-order valence-corrected chi connectivity index (χ4v) is 4.98. The van der Waals surface area contributed by atoms with Crippen molar-refractivity contribution in [3.63, 3.8) is 0 Å². The Balaban J connectivity index is 1.71. The Labute approximate surface area is 186 Å². The van der Waals surface area contributed by atoms with Crippen molar-refractivity contribution in [1.29, 1.82) is 0 Å². The number of anilines is 1. The van der Waals surface area contributed by atoms with Crippen LogP contribution in [-0.4, -0.2) is 68.0 Å². The Morgan fingerprint density at radius 2 is 2.00 bits per heavy atom. The van der Waals surface area contributed by atoms with E-state index < -0.39 is 9.84 Å². The number of nitrogens with zero attached hydrogens (tertiary/aromatic N) is 4. The molecule has 3 rings (SSSR count). The van der Waals surface area contributed by atoms with Gasteiger partial charge in [0.15, 0.2) is 14.9 Å². The Morgan fingerprint density at radius 1 is 1.30 bits per heavy atom. The number of carbonyl (C=O) groups excluding carboxylic acids is 1. The highest BCUT2D eigenvalue weighted by Gasteiger charge is 2.29. The Hall–Kier alpha value is -1.97. The van der Waals surface area contributed by atoms with Crippen LogP contribution in [0.15, 0.2) is 23.2 Å². The largest absolute Gasteiger partial charge is 0.495 e. The van der Waals surface area contributed by atoms with Gasteiger partial charge in [-0.15, -0.1) is 0 Å². The van der Waals surface area contributed by atoms with Crippen LogP contribution in [0.4, 0.5) is 5.69 Å². The lowest BCUT2D eigenvalue weighted by molar-refractivity contribution is -0.134. The first-order valence-electron chi connectivity index (χ1n) is 9.33. The molecule has 1 aromatic heterocycles. The molecule has 0 aliphatic carbocycles. The van der Waals surface area contributed by atoms with Gasteiger partial charge in [-0.3, -0.25) is 9.48 Å². The van der Waals surface area contributed by atoms with Crippen LogP contribution in [0.1, 0.15) is 12.6 Å². The second-order valence-electron chi connectivity index (χ2n) is 7.34. The SMILES string of the molecule is COc1cc(N2CCN(C(=O)Cn3nc(S(C)(=O)=O)c(Cl)c3C)C(C)C2)ccc1Cl. The van der Waals surface area contributed by atoms with Crippen molar-refractivity contribution < 1.29 is 17.9 Å². The maximum Gasteiger partial charge on any atom is 0.244 e. The second kappa shape index (κ2) is 8.64. The number of methoxy groups -OCH3 is 1. The minimum absolute atomic E-state index is 0.0476. The van der Waals surface area contributed by atoms with Gasteiger partial charge in [0.25, 0.3) is 0 Å². The second-order valence-corrected chi connectivity index (χ2v) is 10.1. The summed E-state index contributed by atoms with van der Waals surface area (Å²) in [4.78, 5) is 16.9. The van der Waals surface area contributed by atoms with E-state index in [2.05, 4.69) is 10.00 Å². The molecule has 0 radical (unpaired) electrons. The summed E-state index contributed by atoms with van der Waals surface area (Å²) in [6, 6.07) is 5.56. The zero-order valence-electron chi connectivity index (χ0n) is 17.2. The molecule has 1 amide bonds. The molecule has 0 saturated carbocycles. The molecular formula is C19H24Cl2N4O4S. The van der Waals surface area contributed by atoms with Gasteiger partial charge in [0.05, 0.1) is 17.8 Å². The highest BCUT2D eigenvalue weighted by Crippen LogP contribution is 2.30. The number of halogens is 2. The van der Waals surface area contributed by atoms with Gasteiger partial charge in [0.1, 0.15) is 17.3 Å². The van der Waals surface area contributed by atoms with Crippen molar-refractivity contribution in [3.05, 3.63) is 33.9 Å². The van der Waals surface area contributed by atoms with Crippen LogP contribution in [0.5, 0.6) is 5.75 Å². The minimum Gasteiger partial charge on any atom is -0.495 e. The molecule has 1 aliphatic rings. The van der Waals surface area contributed by atoms with Gasteiger partial charge in [-0.2, -0.15) is 5.10 Å². The molecule has 1 saturated heterocycles. The molecule has 11 heteroatoms. The van der Waals surface area contributed by atoms with Crippen molar-refractivity contribution in [1.82, 2.24) is 14.7 Å². The van der Waals surface area contributed by atoms with Gasteiger partial charge in [-0.05, 0) is 26.0 Å². The van der Waals surface area contributed by atoms with Gasteiger partial charge in [0, 0.05) is 43.7 Å². The summed E-state index contributed by atoms with van der Waals surface area (Å²) in [5.41, 5.74) is 1.42. The molecule has 0 spiro atoms. The first-order valence-corrected chi connectivity index (χ1v) is 12.0. The molecule has 1 aliphatic heterocycles. The monoisotopic (exact) mass is 474 g/mol. The molecule has 1 atom stereocenters. The number of hydrogen-bond acceptors (Lipinski definition) is 6. The van der Waals surface area contributed by atoms with E-state index in [0.29, 0.717) is 36.1 Å². The van der Waals surface area contributed by atoms with Crippen molar-refractivity contribution >= 4 is 44.6 Å². The van der Waals surface area contributed by atoms with Gasteiger partial charge in [-0.1, -0.05) is 23.2 Å². The lowest BCUT2D eigenvalue weighted by atomic mass is 10.1. The third-order valence-electron chi connectivity index (χ3n) is 5.19. The van der Waals surface area contributed by atoms with Gasteiger partial charge >= 0.3 is 0 Å². The van der Waals surface area contributed by atoms with E-state index in [1.807, 2.05) is 19.1 Å². The Kier molecular flexibility index (Phi) is 6.54. The van der Waals surface area contributed by atoms with Crippen LogP contribution in [0.3, 0.4) is 0 Å². The summed E-state index contributed by atoms with van der Waals surface area (Å²) >= 11 is 12.2. The fourth-order valence-electron chi connectivity index (χ4n) is 3.51. The number of rotatable bonds is 5. The lowest BCUT2D eigenvalue weighted by Gasteiger charge is -2.41. The van der Waals surface area contributed by atoms with E-state index in [1.54, 1.807) is 25.0 Å². The van der Waals surface area contributed by atoms with E-state index in [4.69, 9.17) is 27.9 Å². The summed E-state index contributed by atoms with van der Waals surface area (Å²) in [7, 11) is -2.00. The van der Waals surface area contributed by atoms with Gasteiger partial charge in [0.2, 0.25) is 5.91 Å². The number of hydrogen-bond donors (Lipinski definition) is 0. The summed E-state index contributed by atoms with van der Waals surface area (Å²) in [6.07, 6.45) is 1.04. The molecule has 0 N–H and O–H groups in total. The fraction of sp³-hybridized carbons (Fsp3) is 0.474. The number of piperazine rings is 1. The van der Waals surface area contributed by atoms with Crippen LogP contribution in [0.2, 0.25) is 10.0 Å². The molecule has 1 fully saturated rings. The molecule has 164 valence electrons. The third kappa shape index (κ3) is 4.53. The number of carbonyl (C=O) groups is 1. The van der Waals surface area contributed by atoms with Crippen molar-refractivity contribution in [2.24, 2.45) is 0 Å². The van der Waals surface area contributed by atoms with E-state index in [1.165, 1.54) is 4.68 Å². The summed E-state index contributed by atoms with van der Waals surface area (Å²) < 4.78 is 30.3. The average molecular weight is 475 g/mol. The molecular weight excluding hydrogens is 451 g/mol. The standard InChI is InChI=1S/C19H24Cl2N4O4S/c1-12-10-23(14-5-6-15(20)16(9-14)29-3)7-8-24(12)17(26)11-25-13(2)18(21)19(22-25)30(4,27)28/h5-6,9,12H,7-8,10-11H2,1-4H3. The van der Waals surface area contributed by atoms with Gasteiger partial charge in [-0.25, -0.2) is 8.42 Å². The molecule has 1 aromatic carbocycles. The predicted octanol–water partition coefficient (Wildman–Crippen LogP) is 2.65. The number of sulfone groups is 1. The molecule has 8 nitrogen and oxygen atoms in total. The van der Waals surface area contributed by atoms with E-state index >= 15 is 0 Å². The average Bonchev–Trinajstić information content (AvgIpc) is 2.96. The van der Waals surface area contributed by atoms with Gasteiger partial charge < -0.3 is 14.5 Å². The molecule has 2 heterocycles. The van der Waals surface area contributed by atoms with Crippen molar-refractivity contribution in [2.45, 2.75) is 31.5 Å². The molecule has 2 aromatic rings.